The molecule has 0 saturated carbocycles. The van der Waals surface area contributed by atoms with E-state index in [0.29, 0.717) is 67.9 Å². The van der Waals surface area contributed by atoms with Crippen LogP contribution in [-0.4, -0.2) is 55.4 Å². The van der Waals surface area contributed by atoms with Crippen molar-refractivity contribution in [1.82, 2.24) is 9.80 Å². The van der Waals surface area contributed by atoms with Gasteiger partial charge in [-0.05, 0) is 60.9 Å². The van der Waals surface area contributed by atoms with E-state index < -0.39 is 5.92 Å². The van der Waals surface area contributed by atoms with E-state index in [1.54, 1.807) is 72.5 Å². The molecule has 2 aromatic rings. The van der Waals surface area contributed by atoms with Crippen LogP contribution in [0.15, 0.2) is 136 Å². The monoisotopic (exact) mass is 684 g/mol. The Hall–Kier alpha value is -7.19. The molecule has 0 radical (unpaired) electrons. The molecule has 1 amide bonds. The lowest BCUT2D eigenvalue weighted by atomic mass is 9.90. The van der Waals surface area contributed by atoms with Crippen molar-refractivity contribution in [2.24, 2.45) is 10.9 Å². The van der Waals surface area contributed by atoms with Crippen molar-refractivity contribution >= 4 is 24.0 Å². The lowest BCUT2D eigenvalue weighted by Crippen LogP contribution is -2.48. The standard InChI is InChI=1S/C42H36N8O2/c1-3-52-42(51)50-24-22-49(23-25-50)41-33(16-10-18-35(26-43)39(37(28-45)29-46)31-12-6-4-7-13-31)20-21-34(41)17-11-19-36(27-44)40(38(30-47)48-2)32-14-8-5-9-15-32/h4-19,37H,2-3,20-25H2,1H3/b17-11+,18-10+,33-16+,36-19+,39-35-,40-38+. The third-order valence-corrected chi connectivity index (χ3v) is 8.51. The van der Waals surface area contributed by atoms with E-state index in [1.807, 2.05) is 54.6 Å². The quantitative estimate of drug-likeness (QED) is 0.133. The summed E-state index contributed by atoms with van der Waals surface area (Å²) in [5, 5.41) is 49.4. The number of amides is 1. The van der Waals surface area contributed by atoms with Crippen molar-refractivity contribution in [2.75, 3.05) is 32.8 Å². The molecule has 10 nitrogen and oxygen atoms in total. The van der Waals surface area contributed by atoms with Crippen molar-refractivity contribution in [3.63, 3.8) is 0 Å². The van der Waals surface area contributed by atoms with E-state index in [-0.39, 0.29) is 22.9 Å². The summed E-state index contributed by atoms with van der Waals surface area (Å²) in [6, 6.07) is 28.5. The normalized spacial score (nSPS) is 16.5. The molecular formula is C42H36N8O2. The average molecular weight is 685 g/mol. The van der Waals surface area contributed by atoms with Crippen LogP contribution < -0.4 is 0 Å². The summed E-state index contributed by atoms with van der Waals surface area (Å²) in [6.07, 6.45) is 11.8. The fraction of sp³-hybridized carbons (Fsp3) is 0.214. The Labute approximate surface area is 304 Å². The number of ether oxygens (including phenoxy) is 1. The summed E-state index contributed by atoms with van der Waals surface area (Å²) in [5.41, 5.74) is 5.54. The first-order chi connectivity index (χ1) is 25.4. The summed E-state index contributed by atoms with van der Waals surface area (Å²) < 4.78 is 5.21. The molecule has 0 spiro atoms. The van der Waals surface area contributed by atoms with E-state index in [4.69, 9.17) is 4.74 Å². The van der Waals surface area contributed by atoms with Gasteiger partial charge in [-0.15, -0.1) is 0 Å². The molecule has 10 heteroatoms. The van der Waals surface area contributed by atoms with Crippen molar-refractivity contribution in [3.8, 4) is 30.3 Å². The number of carbonyl (C=O) groups excluding carboxylic acids is 1. The molecule has 0 unspecified atom stereocenters. The minimum atomic E-state index is -1.13. The maximum absolute atomic E-state index is 12.4. The van der Waals surface area contributed by atoms with Gasteiger partial charge in [0, 0.05) is 43.0 Å². The second-order valence-electron chi connectivity index (χ2n) is 11.5. The van der Waals surface area contributed by atoms with Crippen LogP contribution in [0, 0.1) is 62.6 Å². The van der Waals surface area contributed by atoms with Crippen LogP contribution >= 0.6 is 0 Å². The Balaban J connectivity index is 1.76. The van der Waals surface area contributed by atoms with Crippen LogP contribution in [0.25, 0.3) is 11.1 Å². The molecule has 0 bridgehead atoms. The van der Waals surface area contributed by atoms with Gasteiger partial charge in [-0.2, -0.15) is 26.3 Å². The van der Waals surface area contributed by atoms with Crippen molar-refractivity contribution in [1.29, 1.82) is 26.3 Å². The van der Waals surface area contributed by atoms with Crippen LogP contribution in [0.2, 0.25) is 0 Å². The first-order valence-electron chi connectivity index (χ1n) is 16.7. The predicted octanol–water partition coefficient (Wildman–Crippen LogP) is 7.57. The molecule has 1 aliphatic heterocycles. The minimum absolute atomic E-state index is 0.0433. The fourth-order valence-corrected chi connectivity index (χ4v) is 6.10. The number of piperazine rings is 1. The molecule has 0 N–H and O–H groups in total. The van der Waals surface area contributed by atoms with Gasteiger partial charge < -0.3 is 14.5 Å². The molecule has 2 aromatic carbocycles. The van der Waals surface area contributed by atoms with Gasteiger partial charge in [-0.1, -0.05) is 85.0 Å². The number of allylic oxidation sites excluding steroid dienone is 13. The highest BCUT2D eigenvalue weighted by atomic mass is 16.6. The van der Waals surface area contributed by atoms with Gasteiger partial charge in [-0.25, -0.2) is 4.79 Å². The van der Waals surface area contributed by atoms with Gasteiger partial charge in [0.05, 0.1) is 42.0 Å². The zero-order valence-electron chi connectivity index (χ0n) is 28.9. The third kappa shape index (κ3) is 9.07. The molecule has 4 rings (SSSR count). The fourth-order valence-electron chi connectivity index (χ4n) is 6.10. The molecule has 52 heavy (non-hydrogen) atoms. The molecule has 1 heterocycles. The summed E-state index contributed by atoms with van der Waals surface area (Å²) >= 11 is 0. The van der Waals surface area contributed by atoms with Gasteiger partial charge in [0.25, 0.3) is 0 Å². The number of nitrogens with zero attached hydrogens (tertiary/aromatic N) is 8. The lowest BCUT2D eigenvalue weighted by Gasteiger charge is -2.37. The highest BCUT2D eigenvalue weighted by molar-refractivity contribution is 5.87. The Bertz CT molecular complexity index is 2080. The molecule has 2 aliphatic rings. The van der Waals surface area contributed by atoms with Crippen molar-refractivity contribution < 1.29 is 9.53 Å². The topological polar surface area (TPSA) is 164 Å². The van der Waals surface area contributed by atoms with Crippen LogP contribution in [0.3, 0.4) is 0 Å². The van der Waals surface area contributed by atoms with Crippen LogP contribution in [0.5, 0.6) is 0 Å². The summed E-state index contributed by atoms with van der Waals surface area (Å²) in [5.74, 6) is -1.13. The number of rotatable bonds is 11. The maximum atomic E-state index is 12.4. The number of nitriles is 5. The van der Waals surface area contributed by atoms with Gasteiger partial charge in [-0.3, -0.25) is 4.99 Å². The van der Waals surface area contributed by atoms with E-state index in [9.17, 15) is 31.1 Å². The first kappa shape index (κ1) is 37.6. The first-order valence-corrected chi connectivity index (χ1v) is 16.7. The summed E-state index contributed by atoms with van der Waals surface area (Å²) in [6.45, 7) is 7.68. The van der Waals surface area contributed by atoms with Crippen molar-refractivity contribution in [3.05, 3.63) is 142 Å². The smallest absolute Gasteiger partial charge is 0.409 e. The number of benzene rings is 2. The average Bonchev–Trinajstić information content (AvgIpc) is 3.59. The van der Waals surface area contributed by atoms with E-state index in [2.05, 4.69) is 28.7 Å². The van der Waals surface area contributed by atoms with E-state index in [1.165, 1.54) is 0 Å². The number of hydrogen-bond donors (Lipinski definition) is 0. The largest absolute Gasteiger partial charge is 0.450 e. The minimum Gasteiger partial charge on any atom is -0.450 e. The highest BCUT2D eigenvalue weighted by Gasteiger charge is 2.28. The van der Waals surface area contributed by atoms with Gasteiger partial charge in [0.1, 0.15) is 11.8 Å². The SMILES string of the molecule is C=N/C(C#N)=C(/C(C#N)=C/C=C/C1=C(N2CCN(C(=O)OCC)CC2)C(=C/C=C/C(C#N)=C(\c2ccccc2)C(C#N)C#N)/CC1)c1ccccc1. The Morgan fingerprint density at radius 3 is 2.10 bits per heavy atom. The zero-order chi connectivity index (χ0) is 37.3. The maximum Gasteiger partial charge on any atom is 0.409 e. The Kier molecular flexibility index (Phi) is 13.8. The molecule has 0 aromatic heterocycles. The lowest BCUT2D eigenvalue weighted by molar-refractivity contribution is 0.0873. The predicted molar refractivity (Wildman–Crippen MR) is 199 cm³/mol. The second kappa shape index (κ2) is 19.1. The zero-order valence-corrected chi connectivity index (χ0v) is 28.9. The van der Waals surface area contributed by atoms with Crippen LogP contribution in [0.4, 0.5) is 4.79 Å². The molecule has 256 valence electrons. The molecular weight excluding hydrogens is 649 g/mol. The van der Waals surface area contributed by atoms with Crippen molar-refractivity contribution in [2.45, 2.75) is 19.8 Å². The van der Waals surface area contributed by atoms with Gasteiger partial charge in [0.2, 0.25) is 0 Å². The van der Waals surface area contributed by atoms with Crippen LogP contribution in [0.1, 0.15) is 30.9 Å². The van der Waals surface area contributed by atoms with Gasteiger partial charge >= 0.3 is 6.09 Å². The number of aliphatic imine (C=N–C) groups is 1. The summed E-state index contributed by atoms with van der Waals surface area (Å²) in [4.78, 5) is 20.2. The summed E-state index contributed by atoms with van der Waals surface area (Å²) in [7, 11) is 0. The molecule has 0 atom stereocenters. The van der Waals surface area contributed by atoms with E-state index >= 15 is 0 Å². The highest BCUT2D eigenvalue weighted by Crippen LogP contribution is 2.36. The number of carbonyl (C=O) groups is 1. The Morgan fingerprint density at radius 1 is 0.885 bits per heavy atom. The second-order valence-corrected chi connectivity index (χ2v) is 11.5. The third-order valence-electron chi connectivity index (χ3n) is 8.51. The number of hydrogen-bond acceptors (Lipinski definition) is 9. The van der Waals surface area contributed by atoms with Gasteiger partial charge in [0.15, 0.2) is 5.92 Å². The van der Waals surface area contributed by atoms with Crippen LogP contribution in [-0.2, 0) is 4.74 Å². The molecule has 1 fully saturated rings. The molecule has 1 aliphatic carbocycles. The Morgan fingerprint density at radius 2 is 1.54 bits per heavy atom. The van der Waals surface area contributed by atoms with E-state index in [0.717, 1.165) is 16.8 Å². The molecule has 1 saturated heterocycles.